The van der Waals surface area contributed by atoms with Crippen LogP contribution in [0.5, 0.6) is 0 Å². The highest BCUT2D eigenvalue weighted by Gasteiger charge is 2.22. The van der Waals surface area contributed by atoms with Gasteiger partial charge in [-0.3, -0.25) is 0 Å². The first-order chi connectivity index (χ1) is 7.58. The molecule has 0 radical (unpaired) electrons. The largest absolute Gasteiger partial charge is 0.391 e. The SMILES string of the molecule is C[C@H](O)c1ccc(N2CCC(O)C2)c(F)c1. The second-order valence-electron chi connectivity index (χ2n) is 4.28. The zero-order valence-electron chi connectivity index (χ0n) is 9.23. The minimum absolute atomic E-state index is 0.340. The van der Waals surface area contributed by atoms with E-state index in [2.05, 4.69) is 0 Å². The Labute approximate surface area is 94.1 Å². The molecule has 1 aliphatic heterocycles. The van der Waals surface area contributed by atoms with Gasteiger partial charge in [0.1, 0.15) is 5.82 Å². The molecule has 1 fully saturated rings. The lowest BCUT2D eigenvalue weighted by Crippen LogP contribution is -2.22. The molecule has 1 aromatic rings. The molecule has 0 saturated carbocycles. The maximum absolute atomic E-state index is 13.8. The summed E-state index contributed by atoms with van der Waals surface area (Å²) in [5.74, 6) is -0.340. The predicted molar refractivity (Wildman–Crippen MR) is 59.9 cm³/mol. The van der Waals surface area contributed by atoms with Gasteiger partial charge in [-0.15, -0.1) is 0 Å². The van der Waals surface area contributed by atoms with Crippen LogP contribution in [0.1, 0.15) is 25.0 Å². The molecule has 16 heavy (non-hydrogen) atoms. The van der Waals surface area contributed by atoms with Gasteiger partial charge in [0, 0.05) is 13.1 Å². The second kappa shape index (κ2) is 4.39. The van der Waals surface area contributed by atoms with Gasteiger partial charge in [0.15, 0.2) is 0 Å². The zero-order valence-corrected chi connectivity index (χ0v) is 9.23. The fourth-order valence-corrected chi connectivity index (χ4v) is 2.00. The molecule has 1 unspecified atom stereocenters. The lowest BCUT2D eigenvalue weighted by atomic mass is 10.1. The molecule has 0 bridgehead atoms. The molecule has 88 valence electrons. The van der Waals surface area contributed by atoms with E-state index >= 15 is 0 Å². The molecule has 0 aromatic heterocycles. The van der Waals surface area contributed by atoms with Crippen molar-refractivity contribution >= 4 is 5.69 Å². The number of rotatable bonds is 2. The van der Waals surface area contributed by atoms with E-state index in [1.165, 1.54) is 6.07 Å². The standard InChI is InChI=1S/C12H16FNO2/c1-8(15)9-2-3-12(11(13)6-9)14-5-4-10(16)7-14/h2-3,6,8,10,15-16H,4-5,7H2,1H3/t8-,10?/m0/s1. The topological polar surface area (TPSA) is 43.7 Å². The van der Waals surface area contributed by atoms with Gasteiger partial charge in [-0.1, -0.05) is 6.07 Å². The van der Waals surface area contributed by atoms with Crippen LogP contribution < -0.4 is 4.90 Å². The molecule has 1 saturated heterocycles. The van der Waals surface area contributed by atoms with Crippen molar-refractivity contribution in [2.24, 2.45) is 0 Å². The lowest BCUT2D eigenvalue weighted by Gasteiger charge is -2.19. The summed E-state index contributed by atoms with van der Waals surface area (Å²) in [4.78, 5) is 1.83. The van der Waals surface area contributed by atoms with Crippen molar-refractivity contribution in [3.8, 4) is 0 Å². The van der Waals surface area contributed by atoms with Gasteiger partial charge < -0.3 is 15.1 Å². The smallest absolute Gasteiger partial charge is 0.146 e. The van der Waals surface area contributed by atoms with Crippen molar-refractivity contribution in [2.45, 2.75) is 25.6 Å². The van der Waals surface area contributed by atoms with E-state index in [1.54, 1.807) is 19.1 Å². The maximum atomic E-state index is 13.8. The number of β-amino-alcohol motifs (C(OH)–C–C–N with tert-alkyl or cyclic N) is 1. The Morgan fingerprint density at radius 3 is 2.75 bits per heavy atom. The van der Waals surface area contributed by atoms with Crippen LogP contribution in [-0.2, 0) is 0 Å². The van der Waals surface area contributed by atoms with Crippen LogP contribution in [0.2, 0.25) is 0 Å². The minimum atomic E-state index is -0.660. The number of hydrogen-bond donors (Lipinski definition) is 2. The van der Waals surface area contributed by atoms with Crippen LogP contribution in [0.4, 0.5) is 10.1 Å². The highest BCUT2D eigenvalue weighted by molar-refractivity contribution is 5.50. The Morgan fingerprint density at radius 1 is 1.50 bits per heavy atom. The van der Waals surface area contributed by atoms with Crippen molar-refractivity contribution in [2.75, 3.05) is 18.0 Å². The molecular formula is C12H16FNO2. The quantitative estimate of drug-likeness (QED) is 0.800. The molecule has 0 amide bonds. The van der Waals surface area contributed by atoms with Crippen molar-refractivity contribution < 1.29 is 14.6 Å². The molecule has 3 nitrogen and oxygen atoms in total. The monoisotopic (exact) mass is 225 g/mol. The molecule has 0 aliphatic carbocycles. The first-order valence-electron chi connectivity index (χ1n) is 5.48. The van der Waals surface area contributed by atoms with Crippen molar-refractivity contribution in [1.29, 1.82) is 0 Å². The maximum Gasteiger partial charge on any atom is 0.146 e. The van der Waals surface area contributed by atoms with E-state index in [0.29, 0.717) is 30.8 Å². The van der Waals surface area contributed by atoms with Gasteiger partial charge in [0.2, 0.25) is 0 Å². The van der Waals surface area contributed by atoms with Gasteiger partial charge >= 0.3 is 0 Å². The summed E-state index contributed by atoms with van der Waals surface area (Å²) in [5, 5.41) is 18.7. The summed E-state index contributed by atoms with van der Waals surface area (Å²) in [5.41, 5.74) is 1.07. The van der Waals surface area contributed by atoms with Gasteiger partial charge in [0.25, 0.3) is 0 Å². The van der Waals surface area contributed by atoms with Crippen LogP contribution in [0, 0.1) is 5.82 Å². The van der Waals surface area contributed by atoms with E-state index in [4.69, 9.17) is 0 Å². The zero-order chi connectivity index (χ0) is 11.7. The normalized spacial score (nSPS) is 22.5. The lowest BCUT2D eigenvalue weighted by molar-refractivity contribution is 0.197. The Morgan fingerprint density at radius 2 is 2.25 bits per heavy atom. The van der Waals surface area contributed by atoms with Crippen LogP contribution in [0.15, 0.2) is 18.2 Å². The molecular weight excluding hydrogens is 209 g/mol. The number of hydrogen-bond acceptors (Lipinski definition) is 3. The molecule has 2 N–H and O–H groups in total. The Hall–Kier alpha value is -1.13. The van der Waals surface area contributed by atoms with E-state index in [9.17, 15) is 14.6 Å². The minimum Gasteiger partial charge on any atom is -0.391 e. The number of aliphatic hydroxyl groups is 2. The summed E-state index contributed by atoms with van der Waals surface area (Å²) in [7, 11) is 0. The van der Waals surface area contributed by atoms with Gasteiger partial charge in [-0.2, -0.15) is 0 Å². The van der Waals surface area contributed by atoms with Crippen molar-refractivity contribution in [3.63, 3.8) is 0 Å². The molecule has 1 aliphatic rings. The second-order valence-corrected chi connectivity index (χ2v) is 4.28. The molecule has 1 heterocycles. The number of anilines is 1. The van der Waals surface area contributed by atoms with Crippen LogP contribution >= 0.6 is 0 Å². The van der Waals surface area contributed by atoms with E-state index < -0.39 is 6.10 Å². The van der Waals surface area contributed by atoms with Crippen LogP contribution in [0.25, 0.3) is 0 Å². The van der Waals surface area contributed by atoms with E-state index in [-0.39, 0.29) is 11.9 Å². The third kappa shape index (κ3) is 2.18. The summed E-state index contributed by atoms with van der Waals surface area (Å²) in [6, 6.07) is 4.73. The molecule has 2 rings (SSSR count). The Balaban J connectivity index is 2.22. The van der Waals surface area contributed by atoms with Crippen molar-refractivity contribution in [1.82, 2.24) is 0 Å². The number of benzene rings is 1. The average molecular weight is 225 g/mol. The molecule has 0 spiro atoms. The van der Waals surface area contributed by atoms with E-state index in [1.807, 2.05) is 4.90 Å². The third-order valence-corrected chi connectivity index (χ3v) is 2.96. The van der Waals surface area contributed by atoms with E-state index in [0.717, 1.165) is 0 Å². The number of halogens is 1. The predicted octanol–water partition coefficient (Wildman–Crippen LogP) is 1.45. The highest BCUT2D eigenvalue weighted by Crippen LogP contribution is 2.26. The fraction of sp³-hybridized carbons (Fsp3) is 0.500. The average Bonchev–Trinajstić information content (AvgIpc) is 2.64. The summed E-state index contributed by atoms with van der Waals surface area (Å²) in [6.45, 7) is 2.76. The number of aliphatic hydroxyl groups excluding tert-OH is 2. The summed E-state index contributed by atoms with van der Waals surface area (Å²) >= 11 is 0. The Bertz CT molecular complexity index is 381. The third-order valence-electron chi connectivity index (χ3n) is 2.96. The number of nitrogens with zero attached hydrogens (tertiary/aromatic N) is 1. The summed E-state index contributed by atoms with van der Waals surface area (Å²) in [6.07, 6.45) is -0.346. The van der Waals surface area contributed by atoms with Crippen LogP contribution in [-0.4, -0.2) is 29.4 Å². The summed E-state index contributed by atoms with van der Waals surface area (Å²) < 4.78 is 13.8. The first-order valence-corrected chi connectivity index (χ1v) is 5.48. The molecule has 1 aromatic carbocycles. The molecule has 2 atom stereocenters. The van der Waals surface area contributed by atoms with Gasteiger partial charge in [-0.05, 0) is 31.0 Å². The van der Waals surface area contributed by atoms with Gasteiger partial charge in [0.05, 0.1) is 17.9 Å². The van der Waals surface area contributed by atoms with Crippen LogP contribution in [0.3, 0.4) is 0 Å². The fourth-order valence-electron chi connectivity index (χ4n) is 2.00. The molecule has 4 heteroatoms. The Kier molecular flexibility index (Phi) is 3.12. The van der Waals surface area contributed by atoms with Crippen molar-refractivity contribution in [3.05, 3.63) is 29.6 Å². The first kappa shape index (κ1) is 11.4. The highest BCUT2D eigenvalue weighted by atomic mass is 19.1. The van der Waals surface area contributed by atoms with Gasteiger partial charge in [-0.25, -0.2) is 4.39 Å².